The highest BCUT2D eigenvalue weighted by Gasteiger charge is 2.28. The van der Waals surface area contributed by atoms with Gasteiger partial charge in [-0.1, -0.05) is 60.7 Å². The van der Waals surface area contributed by atoms with Gasteiger partial charge in [-0.3, -0.25) is 14.9 Å². The van der Waals surface area contributed by atoms with E-state index in [1.165, 1.54) is 0 Å². The molecule has 8 heteroatoms. The van der Waals surface area contributed by atoms with E-state index in [1.54, 1.807) is 19.2 Å². The van der Waals surface area contributed by atoms with Crippen molar-refractivity contribution in [1.29, 1.82) is 0 Å². The first kappa shape index (κ1) is 28.0. The number of methoxy groups -OCH3 is 1. The number of nitro benzene ring substituents is 1. The number of amides is 1. The van der Waals surface area contributed by atoms with Crippen LogP contribution in [0, 0.1) is 10.1 Å². The predicted octanol–water partition coefficient (Wildman–Crippen LogP) is 6.48. The molecule has 8 nitrogen and oxygen atoms in total. The maximum atomic E-state index is 13.9. The normalized spacial score (nSPS) is 14.1. The number of rotatable bonds is 9. The molecule has 0 aliphatic carbocycles. The molecule has 2 heterocycles. The molecular formula is C35H34N4O4. The third-order valence-electron chi connectivity index (χ3n) is 8.33. The van der Waals surface area contributed by atoms with Gasteiger partial charge in [0.05, 0.1) is 12.0 Å². The number of carbonyl (C=O) groups is 1. The van der Waals surface area contributed by atoms with Crippen molar-refractivity contribution < 1.29 is 14.5 Å². The summed E-state index contributed by atoms with van der Waals surface area (Å²) in [6.07, 6.45) is 2.35. The number of benzene rings is 4. The zero-order chi connectivity index (χ0) is 29.8. The minimum atomic E-state index is -0.358. The zero-order valence-corrected chi connectivity index (χ0v) is 24.1. The van der Waals surface area contributed by atoms with E-state index in [2.05, 4.69) is 27.8 Å². The fourth-order valence-electron chi connectivity index (χ4n) is 6.02. The van der Waals surface area contributed by atoms with Crippen LogP contribution in [-0.2, 0) is 11.3 Å². The van der Waals surface area contributed by atoms with Gasteiger partial charge >= 0.3 is 0 Å². The second-order valence-electron chi connectivity index (χ2n) is 10.9. The van der Waals surface area contributed by atoms with Gasteiger partial charge in [-0.05, 0) is 47.0 Å². The highest BCUT2D eigenvalue weighted by Crippen LogP contribution is 2.37. The molecule has 1 fully saturated rings. The van der Waals surface area contributed by atoms with E-state index in [-0.39, 0.29) is 28.9 Å². The lowest BCUT2D eigenvalue weighted by atomic mass is 9.87. The maximum Gasteiger partial charge on any atom is 0.270 e. The third-order valence-corrected chi connectivity index (χ3v) is 8.33. The van der Waals surface area contributed by atoms with Gasteiger partial charge in [0, 0.05) is 80.0 Å². The molecule has 4 aromatic carbocycles. The number of ether oxygens (including phenoxy) is 1. The minimum Gasteiger partial charge on any atom is -0.497 e. The van der Waals surface area contributed by atoms with Crippen molar-refractivity contribution in [1.82, 2.24) is 9.47 Å². The highest BCUT2D eigenvalue weighted by atomic mass is 16.6. The summed E-state index contributed by atoms with van der Waals surface area (Å²) in [4.78, 5) is 29.5. The number of hydrogen-bond donors (Lipinski definition) is 0. The average Bonchev–Trinajstić information content (AvgIpc) is 3.41. The van der Waals surface area contributed by atoms with Crippen LogP contribution < -0.4 is 9.64 Å². The Morgan fingerprint density at radius 3 is 2.21 bits per heavy atom. The van der Waals surface area contributed by atoms with Gasteiger partial charge in [-0.15, -0.1) is 0 Å². The van der Waals surface area contributed by atoms with Crippen LogP contribution in [-0.4, -0.2) is 53.6 Å². The molecule has 0 bridgehead atoms. The molecule has 1 aliphatic heterocycles. The Balaban J connectivity index is 1.30. The van der Waals surface area contributed by atoms with E-state index in [9.17, 15) is 14.9 Å². The SMILES string of the molecule is COc1ccc(N2CCN(C(=O)CC(c3ccccc3)c3cn(Cc4ccccc4)c4ccc([N+](=O)[O-])cc34)CC2)cc1. The first-order valence-corrected chi connectivity index (χ1v) is 14.5. The van der Waals surface area contributed by atoms with E-state index in [0.29, 0.717) is 19.6 Å². The van der Waals surface area contributed by atoms with Gasteiger partial charge < -0.3 is 19.1 Å². The molecular weight excluding hydrogens is 540 g/mol. The molecule has 1 saturated heterocycles. The quantitative estimate of drug-likeness (QED) is 0.149. The predicted molar refractivity (Wildman–Crippen MR) is 169 cm³/mol. The molecule has 0 N–H and O–H groups in total. The number of non-ortho nitro benzene ring substituents is 1. The van der Waals surface area contributed by atoms with Crippen molar-refractivity contribution in [2.24, 2.45) is 0 Å². The van der Waals surface area contributed by atoms with Crippen molar-refractivity contribution in [3.05, 3.63) is 136 Å². The van der Waals surface area contributed by atoms with Crippen molar-refractivity contribution in [3.63, 3.8) is 0 Å². The number of piperazine rings is 1. The van der Waals surface area contributed by atoms with Crippen LogP contribution in [0.4, 0.5) is 11.4 Å². The number of carbonyl (C=O) groups excluding carboxylic acids is 1. The van der Waals surface area contributed by atoms with Gasteiger partial charge in [0.1, 0.15) is 5.75 Å². The molecule has 218 valence electrons. The number of fused-ring (bicyclic) bond motifs is 1. The van der Waals surface area contributed by atoms with Crippen LogP contribution in [0.25, 0.3) is 10.9 Å². The summed E-state index contributed by atoms with van der Waals surface area (Å²) in [5.41, 5.74) is 5.13. The smallest absolute Gasteiger partial charge is 0.270 e. The Morgan fingerprint density at radius 2 is 1.56 bits per heavy atom. The lowest BCUT2D eigenvalue weighted by Gasteiger charge is -2.36. The summed E-state index contributed by atoms with van der Waals surface area (Å²) in [6, 6.07) is 33.2. The van der Waals surface area contributed by atoms with Crippen LogP contribution in [0.2, 0.25) is 0 Å². The van der Waals surface area contributed by atoms with E-state index >= 15 is 0 Å². The Morgan fingerprint density at radius 1 is 0.884 bits per heavy atom. The topological polar surface area (TPSA) is 80.8 Å². The fraction of sp³-hybridized carbons (Fsp3) is 0.229. The Hall–Kier alpha value is -5.11. The largest absolute Gasteiger partial charge is 0.497 e. The van der Waals surface area contributed by atoms with Gasteiger partial charge in [0.2, 0.25) is 5.91 Å². The molecule has 1 amide bonds. The molecule has 0 spiro atoms. The molecule has 43 heavy (non-hydrogen) atoms. The molecule has 1 aromatic heterocycles. The Bertz CT molecular complexity index is 1710. The number of nitrogens with zero attached hydrogens (tertiary/aromatic N) is 4. The zero-order valence-electron chi connectivity index (χ0n) is 24.1. The first-order valence-electron chi connectivity index (χ1n) is 14.5. The van der Waals surface area contributed by atoms with Crippen molar-refractivity contribution in [2.75, 3.05) is 38.2 Å². The summed E-state index contributed by atoms with van der Waals surface area (Å²) in [5, 5.41) is 12.6. The average molecular weight is 575 g/mol. The summed E-state index contributed by atoms with van der Waals surface area (Å²) in [6.45, 7) is 3.38. The van der Waals surface area contributed by atoms with E-state index in [1.807, 2.05) is 83.8 Å². The van der Waals surface area contributed by atoms with Crippen molar-refractivity contribution in [2.45, 2.75) is 18.9 Å². The lowest BCUT2D eigenvalue weighted by Crippen LogP contribution is -2.49. The number of anilines is 1. The maximum absolute atomic E-state index is 13.9. The van der Waals surface area contributed by atoms with Gasteiger partial charge in [0.25, 0.3) is 5.69 Å². The van der Waals surface area contributed by atoms with Crippen LogP contribution in [0.15, 0.2) is 109 Å². The Kier molecular flexibility index (Phi) is 8.09. The molecule has 5 aromatic rings. The fourth-order valence-corrected chi connectivity index (χ4v) is 6.02. The molecule has 1 atom stereocenters. The van der Waals surface area contributed by atoms with Gasteiger partial charge in [-0.25, -0.2) is 0 Å². The number of hydrogen-bond acceptors (Lipinski definition) is 5. The summed E-state index contributed by atoms with van der Waals surface area (Å²) < 4.78 is 7.42. The summed E-state index contributed by atoms with van der Waals surface area (Å²) in [5.74, 6) is 0.646. The van der Waals surface area contributed by atoms with Crippen molar-refractivity contribution in [3.8, 4) is 5.75 Å². The second-order valence-corrected chi connectivity index (χ2v) is 10.9. The minimum absolute atomic E-state index is 0.0407. The van der Waals surface area contributed by atoms with Crippen LogP contribution in [0.1, 0.15) is 29.0 Å². The highest BCUT2D eigenvalue weighted by molar-refractivity contribution is 5.88. The van der Waals surface area contributed by atoms with Crippen LogP contribution in [0.3, 0.4) is 0 Å². The number of aromatic nitrogens is 1. The van der Waals surface area contributed by atoms with Crippen molar-refractivity contribution >= 4 is 28.2 Å². The summed E-state index contributed by atoms with van der Waals surface area (Å²) in [7, 11) is 1.66. The Labute approximate surface area is 250 Å². The molecule has 6 rings (SSSR count). The first-order chi connectivity index (χ1) is 21.0. The van der Waals surface area contributed by atoms with E-state index < -0.39 is 0 Å². The molecule has 0 radical (unpaired) electrons. The monoisotopic (exact) mass is 574 g/mol. The molecule has 1 unspecified atom stereocenters. The van der Waals surface area contributed by atoms with E-state index in [0.717, 1.165) is 52.1 Å². The lowest BCUT2D eigenvalue weighted by molar-refractivity contribution is -0.384. The van der Waals surface area contributed by atoms with Crippen LogP contribution in [0.5, 0.6) is 5.75 Å². The van der Waals surface area contributed by atoms with Crippen LogP contribution >= 0.6 is 0 Å². The van der Waals surface area contributed by atoms with E-state index in [4.69, 9.17) is 4.74 Å². The van der Waals surface area contributed by atoms with Gasteiger partial charge in [-0.2, -0.15) is 0 Å². The number of nitro groups is 1. The molecule has 1 aliphatic rings. The third kappa shape index (κ3) is 6.09. The summed E-state index contributed by atoms with van der Waals surface area (Å²) >= 11 is 0. The standard InChI is InChI=1S/C35H34N4O4/c1-43-30-15-12-28(13-16-30)36-18-20-37(21-19-36)35(40)23-31(27-10-6-3-7-11-27)33-25-38(24-26-8-4-2-5-9-26)34-17-14-29(39(41)42)22-32(33)34/h2-17,22,25,31H,18-21,23-24H2,1H3. The second kappa shape index (κ2) is 12.4. The van der Waals surface area contributed by atoms with Gasteiger partial charge in [0.15, 0.2) is 0 Å². The molecule has 0 saturated carbocycles.